The first kappa shape index (κ1) is 31.6. The Bertz CT molecular complexity index is 1090. The average Bonchev–Trinajstić information content (AvgIpc) is 2.72. The van der Waals surface area contributed by atoms with Crippen molar-refractivity contribution in [2.24, 2.45) is 0 Å². The minimum absolute atomic E-state index is 0.0275. The number of carbonyl (C=O) groups excluding carboxylic acids is 1. The molecule has 7 nitrogen and oxygen atoms in total. The lowest BCUT2D eigenvalue weighted by Crippen LogP contribution is -2.49. The van der Waals surface area contributed by atoms with E-state index in [9.17, 15) is 4.79 Å². The molecule has 1 aromatic carbocycles. The topological polar surface area (TPSA) is 73.8 Å². The van der Waals surface area contributed by atoms with Crippen molar-refractivity contribution in [2.45, 2.75) is 78.3 Å². The van der Waals surface area contributed by atoms with Gasteiger partial charge in [0.1, 0.15) is 28.3 Å². The van der Waals surface area contributed by atoms with Crippen molar-refractivity contribution >= 4 is 49.2 Å². The van der Waals surface area contributed by atoms with Crippen molar-refractivity contribution in [3.63, 3.8) is 0 Å². The number of nitrogens with zero attached hydrogens (tertiary/aromatic N) is 3. The van der Waals surface area contributed by atoms with Crippen LogP contribution < -0.4 is 4.74 Å². The first-order valence-corrected chi connectivity index (χ1v) is 16.1. The molecule has 1 aromatic heterocycles. The lowest BCUT2D eigenvalue weighted by molar-refractivity contribution is 0.0172. The molecule has 0 bridgehead atoms. The maximum absolute atomic E-state index is 12.6. The van der Waals surface area contributed by atoms with Gasteiger partial charge in [-0.25, -0.2) is 14.8 Å². The molecule has 0 spiro atoms. The quantitative estimate of drug-likeness (QED) is 0.229. The monoisotopic (exact) mass is 589 g/mol. The molecule has 1 heterocycles. The van der Waals surface area contributed by atoms with Crippen LogP contribution in [0.15, 0.2) is 18.2 Å². The van der Waals surface area contributed by atoms with Gasteiger partial charge >= 0.3 is 6.09 Å². The van der Waals surface area contributed by atoms with Crippen LogP contribution in [0.1, 0.15) is 47.1 Å². The van der Waals surface area contributed by atoms with Crippen LogP contribution in [-0.2, 0) is 9.16 Å². The van der Waals surface area contributed by atoms with Crippen LogP contribution in [0.2, 0.25) is 33.5 Å². The van der Waals surface area contributed by atoms with E-state index >= 15 is 0 Å². The van der Waals surface area contributed by atoms with Crippen molar-refractivity contribution in [2.75, 3.05) is 20.2 Å². The molecule has 1 atom stereocenters. The van der Waals surface area contributed by atoms with Crippen LogP contribution >= 0.6 is 34.8 Å². The number of rotatable bonds is 8. The van der Waals surface area contributed by atoms with Crippen LogP contribution in [0.25, 0.3) is 11.4 Å². The molecule has 0 aliphatic heterocycles. The Balaban J connectivity index is 2.29. The molecule has 0 fully saturated rings. The number of halogens is 3. The molecule has 37 heavy (non-hydrogen) atoms. The van der Waals surface area contributed by atoms with Gasteiger partial charge in [0.25, 0.3) is 0 Å². The number of amides is 1. The molecule has 0 radical (unpaired) electrons. The second-order valence-corrected chi connectivity index (χ2v) is 17.5. The van der Waals surface area contributed by atoms with Crippen LogP contribution in [0.3, 0.4) is 0 Å². The maximum atomic E-state index is 12.6. The van der Waals surface area contributed by atoms with Crippen molar-refractivity contribution < 1.29 is 18.7 Å². The van der Waals surface area contributed by atoms with Crippen molar-refractivity contribution in [3.05, 3.63) is 39.1 Å². The van der Waals surface area contributed by atoms with E-state index in [1.54, 1.807) is 32.2 Å². The molecule has 0 N–H and O–H groups in total. The largest absolute Gasteiger partial charge is 0.491 e. The van der Waals surface area contributed by atoms with Crippen molar-refractivity contribution in [1.82, 2.24) is 14.9 Å². The second-order valence-electron chi connectivity index (χ2n) is 11.6. The molecular formula is C26H38Cl3N3O4Si. The minimum Gasteiger partial charge on any atom is -0.491 e. The Morgan fingerprint density at radius 1 is 1.03 bits per heavy atom. The van der Waals surface area contributed by atoms with E-state index in [0.717, 1.165) is 0 Å². The summed E-state index contributed by atoms with van der Waals surface area (Å²) in [7, 11) is -0.491. The predicted molar refractivity (Wildman–Crippen MR) is 154 cm³/mol. The van der Waals surface area contributed by atoms with Gasteiger partial charge in [-0.1, -0.05) is 55.6 Å². The predicted octanol–water partition coefficient (Wildman–Crippen LogP) is 8.05. The van der Waals surface area contributed by atoms with E-state index in [2.05, 4.69) is 43.8 Å². The molecule has 0 saturated heterocycles. The first-order chi connectivity index (χ1) is 16.8. The van der Waals surface area contributed by atoms with Gasteiger partial charge in [-0.2, -0.15) is 0 Å². The highest BCUT2D eigenvalue weighted by Gasteiger charge is 2.40. The highest BCUT2D eigenvalue weighted by Crippen LogP contribution is 2.37. The molecule has 1 unspecified atom stereocenters. The van der Waals surface area contributed by atoms with Crippen molar-refractivity contribution in [1.29, 1.82) is 0 Å². The van der Waals surface area contributed by atoms with E-state index in [-0.39, 0.29) is 22.0 Å². The summed E-state index contributed by atoms with van der Waals surface area (Å²) < 4.78 is 18.3. The van der Waals surface area contributed by atoms with Crippen LogP contribution in [0.4, 0.5) is 4.79 Å². The van der Waals surface area contributed by atoms with Gasteiger partial charge in [0.2, 0.25) is 0 Å². The number of hydrogen-bond acceptors (Lipinski definition) is 6. The minimum atomic E-state index is -2.18. The third-order valence-corrected chi connectivity index (χ3v) is 11.5. The van der Waals surface area contributed by atoms with Crippen LogP contribution in [0.5, 0.6) is 5.75 Å². The SMILES string of the molecule is Cc1c(Cl)nc(-c2cc(Cl)cc(OCC(CN(C)C(=O)OC(C)(C)C)O[Si](C)(C)C(C)(C)C)c2)nc1Cl. The number of carbonyl (C=O) groups is 1. The van der Waals surface area contributed by atoms with Gasteiger partial charge in [0.05, 0.1) is 12.6 Å². The molecular weight excluding hydrogens is 553 g/mol. The maximum Gasteiger partial charge on any atom is 0.410 e. The fourth-order valence-electron chi connectivity index (χ4n) is 2.99. The van der Waals surface area contributed by atoms with E-state index in [4.69, 9.17) is 48.7 Å². The van der Waals surface area contributed by atoms with Gasteiger partial charge in [-0.05, 0) is 64.0 Å². The fraction of sp³-hybridized carbons (Fsp3) is 0.577. The van der Waals surface area contributed by atoms with Gasteiger partial charge in [0.15, 0.2) is 14.1 Å². The zero-order valence-electron chi connectivity index (χ0n) is 23.3. The summed E-state index contributed by atoms with van der Waals surface area (Å²) in [6.45, 7) is 18.5. The first-order valence-electron chi connectivity index (χ1n) is 12.0. The fourth-order valence-corrected chi connectivity index (χ4v) is 4.94. The number of ether oxygens (including phenoxy) is 2. The van der Waals surface area contributed by atoms with Gasteiger partial charge in [0, 0.05) is 23.2 Å². The lowest BCUT2D eigenvalue weighted by atomic mass is 10.2. The molecule has 1 amide bonds. The average molecular weight is 591 g/mol. The summed E-state index contributed by atoms with van der Waals surface area (Å²) in [5.74, 6) is 0.842. The molecule has 2 aromatic rings. The normalized spacial score (nSPS) is 13.3. The van der Waals surface area contributed by atoms with Gasteiger partial charge < -0.3 is 18.8 Å². The number of benzene rings is 1. The number of hydrogen-bond donors (Lipinski definition) is 0. The third kappa shape index (κ3) is 9.28. The third-order valence-electron chi connectivity index (χ3n) is 6.04. The van der Waals surface area contributed by atoms with Gasteiger partial charge in [-0.3, -0.25) is 0 Å². The Hall–Kier alpha value is -1.58. The van der Waals surface area contributed by atoms with Crippen molar-refractivity contribution in [3.8, 4) is 17.1 Å². The number of likely N-dealkylation sites (N-methyl/N-ethyl adjacent to an activating group) is 1. The van der Waals surface area contributed by atoms with E-state index in [1.165, 1.54) is 4.90 Å². The molecule has 0 saturated carbocycles. The van der Waals surface area contributed by atoms with E-state index in [0.29, 0.717) is 34.3 Å². The molecule has 11 heteroatoms. The zero-order valence-corrected chi connectivity index (χ0v) is 26.6. The summed E-state index contributed by atoms with van der Waals surface area (Å²) in [4.78, 5) is 22.8. The number of aromatic nitrogens is 2. The highest BCUT2D eigenvalue weighted by atomic mass is 35.5. The summed E-state index contributed by atoms with van der Waals surface area (Å²) in [5.41, 5.74) is 0.614. The lowest BCUT2D eigenvalue weighted by Gasteiger charge is -2.40. The molecule has 0 aliphatic rings. The highest BCUT2D eigenvalue weighted by molar-refractivity contribution is 6.74. The standard InChI is InChI=1S/C26H38Cl3N3O4Si/c1-16-21(28)30-23(31-22(16)29)17-11-18(27)13-19(12-17)34-15-20(36-37(9,10)26(5,6)7)14-32(8)24(33)35-25(2,3)4/h11-13,20H,14-15H2,1-10H3. The smallest absolute Gasteiger partial charge is 0.410 e. The second kappa shape index (κ2) is 12.1. The van der Waals surface area contributed by atoms with Crippen LogP contribution in [-0.4, -0.2) is 61.2 Å². The summed E-state index contributed by atoms with van der Waals surface area (Å²) in [6, 6.07) is 5.18. The summed E-state index contributed by atoms with van der Waals surface area (Å²) in [6.07, 6.45) is -0.827. The molecule has 206 valence electrons. The summed E-state index contributed by atoms with van der Waals surface area (Å²) in [5, 5.41) is 0.952. The van der Waals surface area contributed by atoms with E-state index in [1.807, 2.05) is 20.8 Å². The molecule has 2 rings (SSSR count). The molecule has 0 aliphatic carbocycles. The Morgan fingerprint density at radius 2 is 1.59 bits per heavy atom. The Kier molecular flexibility index (Phi) is 10.3. The Labute approximate surface area is 236 Å². The van der Waals surface area contributed by atoms with Crippen LogP contribution in [0, 0.1) is 6.92 Å². The summed E-state index contributed by atoms with van der Waals surface area (Å²) >= 11 is 18.8. The zero-order chi connectivity index (χ0) is 28.3. The van der Waals surface area contributed by atoms with E-state index < -0.39 is 26.1 Å². The Morgan fingerprint density at radius 3 is 2.11 bits per heavy atom. The van der Waals surface area contributed by atoms with Gasteiger partial charge in [-0.15, -0.1) is 0 Å².